The lowest BCUT2D eigenvalue weighted by atomic mass is 10.1. The van der Waals surface area contributed by atoms with Gasteiger partial charge in [0, 0.05) is 32.2 Å². The molecule has 0 radical (unpaired) electrons. The van der Waals surface area contributed by atoms with E-state index in [-0.39, 0.29) is 0 Å². The largest absolute Gasteiger partial charge is 0.314 e. The second-order valence-corrected chi connectivity index (χ2v) is 4.22. The average molecular weight is 183 g/mol. The molecule has 2 heterocycles. The van der Waals surface area contributed by atoms with E-state index in [2.05, 4.69) is 15.5 Å². The zero-order valence-electron chi connectivity index (χ0n) is 8.39. The van der Waals surface area contributed by atoms with Gasteiger partial charge in [-0.25, -0.2) is 0 Å². The first-order valence-corrected chi connectivity index (χ1v) is 5.61. The number of piperidine rings is 1. The first-order chi connectivity index (χ1) is 6.45. The molecule has 13 heavy (non-hydrogen) atoms. The van der Waals surface area contributed by atoms with Gasteiger partial charge < -0.3 is 15.5 Å². The van der Waals surface area contributed by atoms with Crippen LogP contribution in [0.3, 0.4) is 0 Å². The molecule has 2 saturated heterocycles. The van der Waals surface area contributed by atoms with E-state index >= 15 is 0 Å². The van der Waals surface area contributed by atoms with Crippen LogP contribution in [0.4, 0.5) is 0 Å². The number of likely N-dealkylation sites (tertiary alicyclic amines) is 1. The maximum absolute atomic E-state index is 3.56. The number of rotatable bonds is 2. The van der Waals surface area contributed by atoms with Gasteiger partial charge >= 0.3 is 0 Å². The van der Waals surface area contributed by atoms with E-state index in [1.807, 2.05) is 0 Å². The molecule has 0 unspecified atom stereocenters. The Kier molecular flexibility index (Phi) is 3.58. The quantitative estimate of drug-likeness (QED) is 0.633. The highest BCUT2D eigenvalue weighted by molar-refractivity contribution is 4.79. The Balaban J connectivity index is 1.69. The molecule has 2 aliphatic rings. The van der Waals surface area contributed by atoms with Crippen molar-refractivity contribution in [3.63, 3.8) is 0 Å². The maximum Gasteiger partial charge on any atom is 0.0320 e. The van der Waals surface area contributed by atoms with E-state index < -0.39 is 0 Å². The lowest BCUT2D eigenvalue weighted by Gasteiger charge is -2.33. The molecule has 0 spiro atoms. The maximum atomic E-state index is 3.56. The van der Waals surface area contributed by atoms with Crippen LogP contribution in [0, 0.1) is 0 Å². The topological polar surface area (TPSA) is 27.3 Å². The number of nitrogens with zero attached hydrogens (tertiary/aromatic N) is 1. The van der Waals surface area contributed by atoms with Crippen molar-refractivity contribution >= 4 is 0 Å². The SMILES string of the molecule is C1CCN(C[C@@H]2CNCCN2)CC1. The van der Waals surface area contributed by atoms with Crippen LogP contribution in [0.25, 0.3) is 0 Å². The molecular formula is C10H21N3. The summed E-state index contributed by atoms with van der Waals surface area (Å²) < 4.78 is 0. The van der Waals surface area contributed by atoms with Gasteiger partial charge in [-0.1, -0.05) is 6.42 Å². The van der Waals surface area contributed by atoms with E-state index in [4.69, 9.17) is 0 Å². The fourth-order valence-electron chi connectivity index (χ4n) is 2.30. The van der Waals surface area contributed by atoms with Crippen LogP contribution >= 0.6 is 0 Å². The molecular weight excluding hydrogens is 162 g/mol. The minimum Gasteiger partial charge on any atom is -0.314 e. The minimum absolute atomic E-state index is 0.687. The van der Waals surface area contributed by atoms with Crippen molar-refractivity contribution in [1.29, 1.82) is 0 Å². The minimum atomic E-state index is 0.687. The summed E-state index contributed by atoms with van der Waals surface area (Å²) in [6.45, 7) is 7.30. The molecule has 1 atom stereocenters. The number of hydrogen-bond donors (Lipinski definition) is 2. The zero-order chi connectivity index (χ0) is 8.93. The second-order valence-electron chi connectivity index (χ2n) is 4.22. The molecule has 0 saturated carbocycles. The Hall–Kier alpha value is -0.120. The summed E-state index contributed by atoms with van der Waals surface area (Å²) in [6.07, 6.45) is 4.24. The highest BCUT2D eigenvalue weighted by Gasteiger charge is 2.17. The van der Waals surface area contributed by atoms with Gasteiger partial charge in [-0.05, 0) is 25.9 Å². The highest BCUT2D eigenvalue weighted by atomic mass is 15.2. The lowest BCUT2D eigenvalue weighted by molar-refractivity contribution is 0.197. The fraction of sp³-hybridized carbons (Fsp3) is 1.00. The summed E-state index contributed by atoms with van der Waals surface area (Å²) in [4.78, 5) is 2.61. The van der Waals surface area contributed by atoms with Crippen molar-refractivity contribution in [3.8, 4) is 0 Å². The van der Waals surface area contributed by atoms with Crippen LogP contribution < -0.4 is 10.6 Å². The van der Waals surface area contributed by atoms with Gasteiger partial charge in [0.2, 0.25) is 0 Å². The van der Waals surface area contributed by atoms with Crippen molar-refractivity contribution in [2.24, 2.45) is 0 Å². The smallest absolute Gasteiger partial charge is 0.0320 e. The van der Waals surface area contributed by atoms with Gasteiger partial charge in [0.15, 0.2) is 0 Å². The summed E-state index contributed by atoms with van der Waals surface area (Å²) in [7, 11) is 0. The molecule has 2 aliphatic heterocycles. The van der Waals surface area contributed by atoms with Gasteiger partial charge in [-0.3, -0.25) is 0 Å². The van der Waals surface area contributed by atoms with Gasteiger partial charge in [0.1, 0.15) is 0 Å². The fourth-order valence-corrected chi connectivity index (χ4v) is 2.30. The van der Waals surface area contributed by atoms with Gasteiger partial charge in [0.05, 0.1) is 0 Å². The van der Waals surface area contributed by atoms with Crippen LogP contribution in [-0.2, 0) is 0 Å². The molecule has 0 amide bonds. The molecule has 76 valence electrons. The molecule has 0 aromatic rings. The summed E-state index contributed by atoms with van der Waals surface area (Å²) in [6, 6.07) is 0.687. The highest BCUT2D eigenvalue weighted by Crippen LogP contribution is 2.08. The Morgan fingerprint density at radius 1 is 1.08 bits per heavy atom. The summed E-state index contributed by atoms with van der Waals surface area (Å²) in [5.74, 6) is 0. The molecule has 0 aromatic carbocycles. The molecule has 2 rings (SSSR count). The summed E-state index contributed by atoms with van der Waals surface area (Å²) >= 11 is 0. The van der Waals surface area contributed by atoms with Crippen LogP contribution in [0.15, 0.2) is 0 Å². The third kappa shape index (κ3) is 2.93. The Morgan fingerprint density at radius 2 is 1.92 bits per heavy atom. The number of hydrogen-bond acceptors (Lipinski definition) is 3. The van der Waals surface area contributed by atoms with Crippen molar-refractivity contribution in [2.75, 3.05) is 39.3 Å². The summed E-state index contributed by atoms with van der Waals surface area (Å²) in [5.41, 5.74) is 0. The average Bonchev–Trinajstić information content (AvgIpc) is 2.21. The predicted molar refractivity (Wildman–Crippen MR) is 55.0 cm³/mol. The Bertz CT molecular complexity index is 121. The van der Waals surface area contributed by atoms with E-state index in [1.54, 1.807) is 0 Å². The Labute approximate surface area is 80.9 Å². The molecule has 3 heteroatoms. The summed E-state index contributed by atoms with van der Waals surface area (Å²) in [5, 5.41) is 7.00. The molecule has 0 aliphatic carbocycles. The molecule has 0 bridgehead atoms. The van der Waals surface area contributed by atoms with Crippen LogP contribution in [0.2, 0.25) is 0 Å². The first-order valence-electron chi connectivity index (χ1n) is 5.61. The molecule has 2 N–H and O–H groups in total. The molecule has 0 aromatic heterocycles. The van der Waals surface area contributed by atoms with Crippen LogP contribution in [0.5, 0.6) is 0 Å². The van der Waals surface area contributed by atoms with Gasteiger partial charge in [-0.2, -0.15) is 0 Å². The predicted octanol–water partition coefficient (Wildman–Crippen LogP) is 0.0337. The van der Waals surface area contributed by atoms with Crippen LogP contribution in [0.1, 0.15) is 19.3 Å². The van der Waals surface area contributed by atoms with E-state index in [1.165, 1.54) is 38.9 Å². The standard InChI is InChI=1S/C10H21N3/c1-2-6-13(7-3-1)9-10-8-11-4-5-12-10/h10-12H,1-9H2/t10-/m0/s1. The number of nitrogens with one attached hydrogen (secondary N) is 2. The van der Waals surface area contributed by atoms with Crippen molar-refractivity contribution in [1.82, 2.24) is 15.5 Å². The van der Waals surface area contributed by atoms with Crippen LogP contribution in [-0.4, -0.2) is 50.2 Å². The zero-order valence-corrected chi connectivity index (χ0v) is 8.39. The van der Waals surface area contributed by atoms with E-state index in [0.29, 0.717) is 6.04 Å². The normalized spacial score (nSPS) is 31.8. The number of piperazine rings is 1. The lowest BCUT2D eigenvalue weighted by Crippen LogP contribution is -2.53. The van der Waals surface area contributed by atoms with E-state index in [0.717, 1.165) is 19.6 Å². The second kappa shape index (κ2) is 4.94. The van der Waals surface area contributed by atoms with Crippen molar-refractivity contribution in [3.05, 3.63) is 0 Å². The van der Waals surface area contributed by atoms with Crippen molar-refractivity contribution < 1.29 is 0 Å². The first kappa shape index (κ1) is 9.44. The van der Waals surface area contributed by atoms with Gasteiger partial charge in [0.25, 0.3) is 0 Å². The van der Waals surface area contributed by atoms with Gasteiger partial charge in [-0.15, -0.1) is 0 Å². The Morgan fingerprint density at radius 3 is 2.62 bits per heavy atom. The molecule has 2 fully saturated rings. The third-order valence-corrected chi connectivity index (χ3v) is 3.05. The molecule has 3 nitrogen and oxygen atoms in total. The third-order valence-electron chi connectivity index (χ3n) is 3.05. The van der Waals surface area contributed by atoms with E-state index in [9.17, 15) is 0 Å². The monoisotopic (exact) mass is 183 g/mol. The van der Waals surface area contributed by atoms with Crippen molar-refractivity contribution in [2.45, 2.75) is 25.3 Å².